The minimum atomic E-state index is -1.20. The van der Waals surface area contributed by atoms with Gasteiger partial charge in [-0.05, 0) is 24.0 Å². The Balaban J connectivity index is 2.13. The number of hydrogen-bond donors (Lipinski definition) is 2. The van der Waals surface area contributed by atoms with Crippen LogP contribution in [0.4, 0.5) is 0 Å². The van der Waals surface area contributed by atoms with Crippen LogP contribution in [0, 0.1) is 5.92 Å². The number of rotatable bonds is 7. The maximum Gasteiger partial charge on any atom is 0.547 e. The van der Waals surface area contributed by atoms with Gasteiger partial charge in [0.15, 0.2) is 0 Å². The molecule has 1 heterocycles. The van der Waals surface area contributed by atoms with Crippen molar-refractivity contribution in [3.05, 3.63) is 29.3 Å². The summed E-state index contributed by atoms with van der Waals surface area (Å²) in [5, 5.41) is 12.9. The van der Waals surface area contributed by atoms with E-state index in [2.05, 4.69) is 19.2 Å². The van der Waals surface area contributed by atoms with E-state index >= 15 is 0 Å². The van der Waals surface area contributed by atoms with Crippen molar-refractivity contribution < 1.29 is 24.0 Å². The van der Waals surface area contributed by atoms with Crippen molar-refractivity contribution in [3.8, 4) is 5.75 Å². The lowest BCUT2D eigenvalue weighted by Gasteiger charge is -2.29. The number of hydrogen-bond acceptors (Lipinski definition) is 5. The number of fused-ring (bicyclic) bond motifs is 1. The van der Waals surface area contributed by atoms with Gasteiger partial charge < -0.3 is 19.7 Å². The number of esters is 1. The fourth-order valence-corrected chi connectivity index (χ4v) is 2.81. The van der Waals surface area contributed by atoms with Gasteiger partial charge in [0.2, 0.25) is 5.91 Å². The van der Waals surface area contributed by atoms with Gasteiger partial charge in [-0.3, -0.25) is 4.79 Å². The summed E-state index contributed by atoms with van der Waals surface area (Å²) in [5.74, 6) is -0.463. The van der Waals surface area contributed by atoms with Gasteiger partial charge >= 0.3 is 13.1 Å². The molecule has 2 rings (SSSR count). The molecule has 6 nitrogen and oxygen atoms in total. The fraction of sp³-hybridized carbons (Fsp3) is 0.556. The summed E-state index contributed by atoms with van der Waals surface area (Å²) in [6.45, 7) is 6.24. The van der Waals surface area contributed by atoms with Crippen LogP contribution in [0.3, 0.4) is 0 Å². The first-order valence-electron chi connectivity index (χ1n) is 8.93. The predicted molar refractivity (Wildman–Crippen MR) is 95.3 cm³/mol. The predicted octanol–water partition coefficient (Wildman–Crippen LogP) is 2.13. The molecule has 136 valence electrons. The van der Waals surface area contributed by atoms with E-state index in [9.17, 15) is 14.6 Å². The number of benzene rings is 1. The first-order valence-corrected chi connectivity index (χ1v) is 8.93. The second-order valence-corrected chi connectivity index (χ2v) is 6.31. The average molecular weight is 347 g/mol. The largest absolute Gasteiger partial charge is 0.547 e. The van der Waals surface area contributed by atoms with Gasteiger partial charge in [0.05, 0.1) is 12.5 Å². The molecule has 0 bridgehead atoms. The van der Waals surface area contributed by atoms with E-state index in [1.807, 2.05) is 6.07 Å². The molecular weight excluding hydrogens is 321 g/mol. The first-order chi connectivity index (χ1) is 12.0. The van der Waals surface area contributed by atoms with Crippen LogP contribution in [0.15, 0.2) is 18.2 Å². The van der Waals surface area contributed by atoms with E-state index in [1.165, 1.54) is 0 Å². The van der Waals surface area contributed by atoms with Crippen molar-refractivity contribution in [2.75, 3.05) is 6.61 Å². The minimum Gasteiger partial charge on any atom is -0.534 e. The Morgan fingerprint density at radius 3 is 2.72 bits per heavy atom. The maximum absolute atomic E-state index is 12.4. The quantitative estimate of drug-likeness (QED) is 0.583. The molecule has 1 aromatic carbocycles. The highest BCUT2D eigenvalue weighted by Gasteiger charge is 2.37. The van der Waals surface area contributed by atoms with E-state index in [4.69, 9.17) is 9.39 Å². The molecular formula is C18H26BNO5. The number of amides is 1. The average Bonchev–Trinajstić information content (AvgIpc) is 2.62. The number of ether oxygens (including phenoxy) is 1. The third kappa shape index (κ3) is 4.75. The highest BCUT2D eigenvalue weighted by atomic mass is 16.5. The summed E-state index contributed by atoms with van der Waals surface area (Å²) >= 11 is 0. The van der Waals surface area contributed by atoms with Crippen molar-refractivity contribution >= 4 is 19.0 Å². The monoisotopic (exact) mass is 347 g/mol. The van der Waals surface area contributed by atoms with E-state index in [-0.39, 0.29) is 5.91 Å². The second kappa shape index (κ2) is 8.90. The molecule has 1 atom stereocenters. The molecule has 1 amide bonds. The third-order valence-corrected chi connectivity index (χ3v) is 4.61. The Hall–Kier alpha value is -2.02. The standard InChI is InChI=1S/C18H26BNO5/c1-4-12(5-2)11-24-18(22)14-9-7-8-13-10-15(20-16(21)6-3)19(23)25-17(13)14/h7-9,12,15,23H,4-6,10-11H2,1-3H3,(H,20,21)/t15-/m0/s1. The van der Waals surface area contributed by atoms with E-state index in [0.29, 0.717) is 36.7 Å². The molecule has 0 fully saturated rings. The lowest BCUT2D eigenvalue weighted by Crippen LogP contribution is -2.53. The minimum absolute atomic E-state index is 0.156. The van der Waals surface area contributed by atoms with Crippen molar-refractivity contribution in [1.82, 2.24) is 5.32 Å². The molecule has 0 saturated heterocycles. The van der Waals surface area contributed by atoms with Crippen LogP contribution in [0.1, 0.15) is 56.0 Å². The van der Waals surface area contributed by atoms with Crippen LogP contribution in [0.25, 0.3) is 0 Å². The number of para-hydroxylation sites is 1. The van der Waals surface area contributed by atoms with Crippen LogP contribution in [0.2, 0.25) is 0 Å². The molecule has 7 heteroatoms. The molecule has 0 aliphatic carbocycles. The van der Waals surface area contributed by atoms with E-state index in [1.54, 1.807) is 19.1 Å². The lowest BCUT2D eigenvalue weighted by atomic mass is 9.72. The van der Waals surface area contributed by atoms with Crippen molar-refractivity contribution in [2.45, 2.75) is 52.4 Å². The Morgan fingerprint density at radius 1 is 1.36 bits per heavy atom. The van der Waals surface area contributed by atoms with Crippen molar-refractivity contribution in [1.29, 1.82) is 0 Å². The van der Waals surface area contributed by atoms with Crippen LogP contribution in [-0.4, -0.2) is 36.6 Å². The molecule has 0 unspecified atom stereocenters. The van der Waals surface area contributed by atoms with Gasteiger partial charge in [-0.25, -0.2) is 4.79 Å². The molecule has 1 aliphatic rings. The van der Waals surface area contributed by atoms with Crippen molar-refractivity contribution in [2.24, 2.45) is 5.92 Å². The zero-order chi connectivity index (χ0) is 18.4. The summed E-state index contributed by atoms with van der Waals surface area (Å²) in [5.41, 5.74) is 1.08. The van der Waals surface area contributed by atoms with Gasteiger partial charge in [0.25, 0.3) is 0 Å². The van der Waals surface area contributed by atoms with Crippen LogP contribution < -0.4 is 9.97 Å². The summed E-state index contributed by atoms with van der Waals surface area (Å²) in [4.78, 5) is 24.0. The normalized spacial score (nSPS) is 16.2. The molecule has 25 heavy (non-hydrogen) atoms. The summed E-state index contributed by atoms with van der Waals surface area (Å²) in [7, 11) is -1.20. The van der Waals surface area contributed by atoms with Crippen LogP contribution in [0.5, 0.6) is 5.75 Å². The summed E-state index contributed by atoms with van der Waals surface area (Å²) in [6.07, 6.45) is 2.63. The molecule has 0 saturated carbocycles. The topological polar surface area (TPSA) is 84.9 Å². The Kier molecular flexibility index (Phi) is 6.87. The number of nitrogens with one attached hydrogen (secondary N) is 1. The number of carbonyl (C=O) groups excluding carboxylic acids is 2. The van der Waals surface area contributed by atoms with E-state index in [0.717, 1.165) is 18.4 Å². The molecule has 1 aromatic rings. The Bertz CT molecular complexity index is 617. The third-order valence-electron chi connectivity index (χ3n) is 4.61. The molecule has 0 radical (unpaired) electrons. The Morgan fingerprint density at radius 2 is 2.08 bits per heavy atom. The zero-order valence-corrected chi connectivity index (χ0v) is 15.1. The lowest BCUT2D eigenvalue weighted by molar-refractivity contribution is -0.121. The maximum atomic E-state index is 12.4. The first kappa shape index (κ1) is 19.3. The van der Waals surface area contributed by atoms with Crippen molar-refractivity contribution in [3.63, 3.8) is 0 Å². The van der Waals surface area contributed by atoms with Crippen LogP contribution >= 0.6 is 0 Å². The second-order valence-electron chi connectivity index (χ2n) is 6.31. The van der Waals surface area contributed by atoms with Crippen LogP contribution in [-0.2, 0) is 16.0 Å². The zero-order valence-electron chi connectivity index (χ0n) is 15.1. The SMILES string of the molecule is CCC(=O)N[C@H]1Cc2cccc(C(=O)OCC(CC)CC)c2OB1O. The molecule has 0 aromatic heterocycles. The number of carbonyl (C=O) groups is 2. The summed E-state index contributed by atoms with van der Waals surface area (Å²) < 4.78 is 11.0. The summed E-state index contributed by atoms with van der Waals surface area (Å²) in [6, 6.07) is 5.21. The molecule has 1 aliphatic heterocycles. The van der Waals surface area contributed by atoms with Gasteiger partial charge in [-0.1, -0.05) is 45.7 Å². The molecule has 0 spiro atoms. The Labute approximate surface area is 149 Å². The van der Waals surface area contributed by atoms with Gasteiger partial charge in [-0.15, -0.1) is 0 Å². The molecule has 2 N–H and O–H groups in total. The van der Waals surface area contributed by atoms with Gasteiger partial charge in [0, 0.05) is 6.42 Å². The smallest absolute Gasteiger partial charge is 0.534 e. The highest BCUT2D eigenvalue weighted by molar-refractivity contribution is 6.47. The van der Waals surface area contributed by atoms with Gasteiger partial charge in [0.1, 0.15) is 11.3 Å². The fourth-order valence-electron chi connectivity index (χ4n) is 2.81. The highest BCUT2D eigenvalue weighted by Crippen LogP contribution is 2.30. The van der Waals surface area contributed by atoms with Gasteiger partial charge in [-0.2, -0.15) is 0 Å². The van der Waals surface area contributed by atoms with E-state index < -0.39 is 19.0 Å².